The van der Waals surface area contributed by atoms with Crippen molar-refractivity contribution in [3.63, 3.8) is 0 Å². The second-order valence-corrected chi connectivity index (χ2v) is 44.3. The Bertz CT molecular complexity index is 2450. The van der Waals surface area contributed by atoms with E-state index >= 15 is 0 Å². The van der Waals surface area contributed by atoms with Crippen molar-refractivity contribution >= 4 is 29.8 Å². The Balaban J connectivity index is 0.000000639. The summed E-state index contributed by atoms with van der Waals surface area (Å²) in [5, 5.41) is 0. The zero-order chi connectivity index (χ0) is 79.9. The van der Waals surface area contributed by atoms with E-state index in [1.165, 1.54) is 32.1 Å². The molecule has 602 valence electrons. The summed E-state index contributed by atoms with van der Waals surface area (Å²) in [6, 6.07) is 0. The smallest absolute Gasteiger partial charge is 0.311 e. The first-order valence-corrected chi connectivity index (χ1v) is 41.9. The van der Waals surface area contributed by atoms with Gasteiger partial charge in [-0.3, -0.25) is 24.0 Å². The van der Waals surface area contributed by atoms with Gasteiger partial charge in [-0.05, 0) is 295 Å². The molecule has 10 heteroatoms. The van der Waals surface area contributed by atoms with Crippen LogP contribution < -0.4 is 0 Å². The van der Waals surface area contributed by atoms with Gasteiger partial charge in [0.1, 0.15) is 30.5 Å². The van der Waals surface area contributed by atoms with E-state index in [4.69, 9.17) is 23.7 Å². The fourth-order valence-electron chi connectivity index (χ4n) is 15.6. The third-order valence-corrected chi connectivity index (χ3v) is 26.8. The van der Waals surface area contributed by atoms with Crippen LogP contribution in [0.25, 0.3) is 0 Å². The van der Waals surface area contributed by atoms with Gasteiger partial charge in [0.25, 0.3) is 0 Å². The molecular formula is C92H174O10. The SMILES string of the molecule is CCC(C)(C)C(=O)OC1CC(C(C)(C)C)CC(C(C)(C)C)C1.CCC(C)(C)C(=O)OC1CC(C(C)C)CC(C(C)C)C1.CCC(C)(C)C(=O)OC1CC(C)C(C(C)(C)C)CC1C(C)(C)C.CCC(C)(C)C(=O)OC1CC(C)CC(C(C)(C)C)C1.CCC(C)(C)C(=O)OC1CCC(C(C)(C)C)CC1. The first-order chi connectivity index (χ1) is 45.9. The molecule has 0 N–H and O–H groups in total. The van der Waals surface area contributed by atoms with Crippen molar-refractivity contribution in [1.82, 2.24) is 0 Å². The summed E-state index contributed by atoms with van der Waals surface area (Å²) in [6.45, 7) is 85.5. The van der Waals surface area contributed by atoms with Gasteiger partial charge < -0.3 is 23.7 Å². The van der Waals surface area contributed by atoms with Gasteiger partial charge in [0.2, 0.25) is 0 Å². The summed E-state index contributed by atoms with van der Waals surface area (Å²) >= 11 is 0. The molecule has 0 heterocycles. The minimum Gasteiger partial charge on any atom is -0.462 e. The van der Waals surface area contributed by atoms with E-state index in [9.17, 15) is 24.0 Å². The summed E-state index contributed by atoms with van der Waals surface area (Å²) in [5.41, 5.74) is -0.0815. The van der Waals surface area contributed by atoms with E-state index in [1.54, 1.807) is 0 Å². The van der Waals surface area contributed by atoms with Crippen LogP contribution in [0.3, 0.4) is 0 Å². The van der Waals surface area contributed by atoms with Crippen molar-refractivity contribution in [3.05, 3.63) is 0 Å². The fraction of sp³-hybridized carbons (Fsp3) is 0.946. The van der Waals surface area contributed by atoms with Gasteiger partial charge >= 0.3 is 29.8 Å². The third kappa shape index (κ3) is 31.9. The number of carbonyl (C=O) groups is 5. The van der Waals surface area contributed by atoms with Gasteiger partial charge in [-0.2, -0.15) is 0 Å². The summed E-state index contributed by atoms with van der Waals surface area (Å²) in [6.07, 6.45) is 21.3. The molecule has 102 heavy (non-hydrogen) atoms. The largest absolute Gasteiger partial charge is 0.462 e. The third-order valence-electron chi connectivity index (χ3n) is 26.8. The van der Waals surface area contributed by atoms with Crippen molar-refractivity contribution < 1.29 is 47.7 Å². The van der Waals surface area contributed by atoms with Crippen LogP contribution in [0.15, 0.2) is 0 Å². The molecule has 5 rings (SSSR count). The van der Waals surface area contributed by atoms with Crippen molar-refractivity contribution in [2.24, 2.45) is 131 Å². The molecule has 10 nitrogen and oxygen atoms in total. The highest BCUT2D eigenvalue weighted by atomic mass is 16.6. The Kier molecular flexibility index (Phi) is 37.3. The second-order valence-electron chi connectivity index (χ2n) is 44.3. The molecule has 0 radical (unpaired) electrons. The minimum absolute atomic E-state index is 0.0167. The Labute approximate surface area is 633 Å². The van der Waals surface area contributed by atoms with Gasteiger partial charge in [-0.15, -0.1) is 0 Å². The molecule has 0 aromatic carbocycles. The standard InChI is InChI=1S/C21H40O2.C20H38O2.C18H34O2.C17H32O2.C16H30O2/c1-11-21(9,10)18(22)23-17-12-14(2)15(19(3,4)5)13-16(17)20(6,7)8;1-10-20(8,9)17(21)22-16-12-14(18(2,3)4)11-15(13-16)19(5,6)7;1-8-18(6,7)17(19)20-16-10-14(12(2)3)9-15(11-16)13(4)5;1-8-17(6,7)15(18)19-14-10-12(2)9-13(11-14)16(3,4)5;1-7-16(5,6)14(17)18-13-10-8-12(9-11-13)15(2,3)4/h14-17H,11-13H2,1-10H3;14-16H,10-13H2,1-9H3;12-16H,8-11H2,1-7H3;12-14H,8-11H2,1-7H3;12-13H,7-11H2,1-6H3. The van der Waals surface area contributed by atoms with Crippen molar-refractivity contribution in [1.29, 1.82) is 0 Å². The van der Waals surface area contributed by atoms with E-state index in [0.717, 1.165) is 102 Å². The molecule has 5 saturated carbocycles. The lowest BCUT2D eigenvalue weighted by Crippen LogP contribution is -2.47. The highest BCUT2D eigenvalue weighted by molar-refractivity contribution is 5.78. The monoisotopic (exact) mass is 1440 g/mol. The van der Waals surface area contributed by atoms with E-state index in [2.05, 4.69) is 187 Å². The van der Waals surface area contributed by atoms with Crippen LogP contribution in [0.4, 0.5) is 0 Å². The highest BCUT2D eigenvalue weighted by Gasteiger charge is 2.48. The predicted octanol–water partition coefficient (Wildman–Crippen LogP) is 26.4. The number of esters is 5. The predicted molar refractivity (Wildman–Crippen MR) is 432 cm³/mol. The summed E-state index contributed by atoms with van der Waals surface area (Å²) in [5.74, 6) is 7.64. The Morgan fingerprint density at radius 3 is 0.843 bits per heavy atom. The first kappa shape index (κ1) is 97.4. The Morgan fingerprint density at radius 2 is 0.559 bits per heavy atom. The molecule has 0 aromatic rings. The van der Waals surface area contributed by atoms with E-state index < -0.39 is 0 Å². The molecule has 5 aliphatic rings. The normalized spacial score (nSPS) is 28.2. The van der Waals surface area contributed by atoms with Crippen LogP contribution in [0.2, 0.25) is 0 Å². The van der Waals surface area contributed by atoms with Crippen LogP contribution in [-0.4, -0.2) is 60.4 Å². The lowest BCUT2D eigenvalue weighted by Gasteiger charge is -2.49. The maximum atomic E-state index is 12.6. The van der Waals surface area contributed by atoms with Crippen LogP contribution in [0.1, 0.15) is 398 Å². The molecule has 0 spiro atoms. The average Bonchev–Trinajstić information content (AvgIpc) is 0.786. The fourth-order valence-corrected chi connectivity index (χ4v) is 15.6. The summed E-state index contributed by atoms with van der Waals surface area (Å²) in [7, 11) is 0. The molecule has 0 bridgehead atoms. The van der Waals surface area contributed by atoms with Gasteiger partial charge in [-0.25, -0.2) is 0 Å². The van der Waals surface area contributed by atoms with Gasteiger partial charge in [-0.1, -0.05) is 201 Å². The zero-order valence-electron chi connectivity index (χ0n) is 75.0. The summed E-state index contributed by atoms with van der Waals surface area (Å²) in [4.78, 5) is 61.6. The molecule has 11 unspecified atom stereocenters. The zero-order valence-corrected chi connectivity index (χ0v) is 75.0. The molecular weight excluding hydrogens is 1270 g/mol. The minimum atomic E-state index is -0.382. The second kappa shape index (κ2) is 39.1. The van der Waals surface area contributed by atoms with Gasteiger partial charge in [0.05, 0.1) is 27.1 Å². The van der Waals surface area contributed by atoms with Crippen molar-refractivity contribution in [3.8, 4) is 0 Å². The topological polar surface area (TPSA) is 132 Å². The lowest BCUT2D eigenvalue weighted by atomic mass is 9.58. The molecule has 11 atom stereocenters. The first-order valence-electron chi connectivity index (χ1n) is 41.9. The van der Waals surface area contributed by atoms with Crippen LogP contribution in [0.5, 0.6) is 0 Å². The Hall–Kier alpha value is -2.65. The molecule has 5 aliphatic carbocycles. The highest BCUT2D eigenvalue weighted by Crippen LogP contribution is 2.52. The maximum Gasteiger partial charge on any atom is 0.311 e. The number of hydrogen-bond donors (Lipinski definition) is 0. The lowest BCUT2D eigenvalue weighted by molar-refractivity contribution is -0.172. The van der Waals surface area contributed by atoms with Crippen LogP contribution in [-0.2, 0) is 47.7 Å². The number of ether oxygens (including phenoxy) is 5. The van der Waals surface area contributed by atoms with E-state index in [0.29, 0.717) is 81.3 Å². The molecule has 0 amide bonds. The van der Waals surface area contributed by atoms with E-state index in [-0.39, 0.29) is 104 Å². The van der Waals surface area contributed by atoms with Gasteiger partial charge in [0.15, 0.2) is 0 Å². The molecule has 0 aromatic heterocycles. The molecule has 5 fully saturated rings. The summed E-state index contributed by atoms with van der Waals surface area (Å²) < 4.78 is 29.4. The van der Waals surface area contributed by atoms with Gasteiger partial charge in [0, 0.05) is 5.92 Å². The molecule has 0 saturated heterocycles. The van der Waals surface area contributed by atoms with Crippen molar-refractivity contribution in [2.75, 3.05) is 0 Å². The Morgan fingerprint density at radius 1 is 0.284 bits per heavy atom. The van der Waals surface area contributed by atoms with Crippen LogP contribution >= 0.6 is 0 Å². The molecule has 0 aliphatic heterocycles. The number of hydrogen-bond acceptors (Lipinski definition) is 10. The quantitative estimate of drug-likeness (QED) is 0.102. The van der Waals surface area contributed by atoms with E-state index in [1.807, 2.05) is 83.1 Å². The average molecular weight is 1440 g/mol. The maximum absolute atomic E-state index is 12.6. The number of rotatable bonds is 17. The van der Waals surface area contributed by atoms with Crippen molar-refractivity contribution in [2.45, 2.75) is 429 Å². The number of carbonyl (C=O) groups excluding carboxylic acids is 5. The van der Waals surface area contributed by atoms with Crippen LogP contribution in [0, 0.1) is 131 Å².